The molecule has 0 aliphatic heterocycles. The third kappa shape index (κ3) is 4.39. The first-order valence-corrected chi connectivity index (χ1v) is 9.24. The van der Waals surface area contributed by atoms with E-state index in [9.17, 15) is 4.79 Å². The van der Waals surface area contributed by atoms with Crippen molar-refractivity contribution in [3.05, 3.63) is 101 Å². The molecule has 6 nitrogen and oxygen atoms in total. The molecule has 0 aliphatic carbocycles. The first kappa shape index (κ1) is 18.6. The van der Waals surface area contributed by atoms with Crippen LogP contribution in [0, 0.1) is 0 Å². The number of para-hydroxylation sites is 1. The van der Waals surface area contributed by atoms with Gasteiger partial charge in [0.05, 0.1) is 11.9 Å². The standard InChI is InChI=1S/C22H16ClN5O/c23-18-11-9-16(10-12-18)21-17(15-28(27-21)19-6-2-1-3-7-19)14-25-26-22(29)20-8-4-5-13-24-20/h1-15H,(H,26,29)/b25-14-. The zero-order valence-corrected chi connectivity index (χ0v) is 16.0. The number of hydrogen-bond acceptors (Lipinski definition) is 4. The average molecular weight is 402 g/mol. The maximum absolute atomic E-state index is 12.1. The number of carbonyl (C=O) groups is 1. The van der Waals surface area contributed by atoms with Gasteiger partial charge in [0.2, 0.25) is 0 Å². The summed E-state index contributed by atoms with van der Waals surface area (Å²) in [6.45, 7) is 0. The van der Waals surface area contributed by atoms with E-state index in [0.717, 1.165) is 22.5 Å². The van der Waals surface area contributed by atoms with Gasteiger partial charge in [-0.05, 0) is 36.4 Å². The van der Waals surface area contributed by atoms with Gasteiger partial charge < -0.3 is 0 Å². The molecule has 2 aromatic heterocycles. The molecule has 4 aromatic rings. The summed E-state index contributed by atoms with van der Waals surface area (Å²) >= 11 is 6.01. The van der Waals surface area contributed by atoms with Crippen LogP contribution in [0.4, 0.5) is 0 Å². The fraction of sp³-hybridized carbons (Fsp3) is 0. The van der Waals surface area contributed by atoms with Gasteiger partial charge in [0.15, 0.2) is 0 Å². The van der Waals surface area contributed by atoms with Gasteiger partial charge in [-0.1, -0.05) is 48.0 Å². The molecule has 2 aromatic carbocycles. The monoisotopic (exact) mass is 401 g/mol. The normalized spacial score (nSPS) is 10.9. The first-order valence-electron chi connectivity index (χ1n) is 8.86. The zero-order chi connectivity index (χ0) is 20.1. The maximum atomic E-state index is 12.1. The Balaban J connectivity index is 1.64. The van der Waals surface area contributed by atoms with E-state index in [4.69, 9.17) is 16.7 Å². The Morgan fingerprint density at radius 3 is 2.48 bits per heavy atom. The molecule has 142 valence electrons. The molecule has 0 fully saturated rings. The number of halogens is 1. The van der Waals surface area contributed by atoms with Crippen molar-refractivity contribution in [2.24, 2.45) is 5.10 Å². The van der Waals surface area contributed by atoms with Crippen LogP contribution in [-0.4, -0.2) is 26.9 Å². The number of rotatable bonds is 5. The Morgan fingerprint density at radius 2 is 1.76 bits per heavy atom. The fourth-order valence-corrected chi connectivity index (χ4v) is 2.87. The second-order valence-corrected chi connectivity index (χ2v) is 6.57. The Labute approximate surface area is 172 Å². The lowest BCUT2D eigenvalue weighted by molar-refractivity contribution is 0.0950. The summed E-state index contributed by atoms with van der Waals surface area (Å²) in [4.78, 5) is 16.1. The van der Waals surface area contributed by atoms with E-state index in [2.05, 4.69) is 15.5 Å². The van der Waals surface area contributed by atoms with Crippen molar-refractivity contribution in [1.82, 2.24) is 20.2 Å². The van der Waals surface area contributed by atoms with Gasteiger partial charge in [0.1, 0.15) is 11.4 Å². The lowest BCUT2D eigenvalue weighted by atomic mass is 10.1. The summed E-state index contributed by atoms with van der Waals surface area (Å²) in [6, 6.07) is 22.3. The Morgan fingerprint density at radius 1 is 1.00 bits per heavy atom. The van der Waals surface area contributed by atoms with Crippen LogP contribution in [0.1, 0.15) is 16.1 Å². The molecule has 0 saturated heterocycles. The first-order chi connectivity index (χ1) is 14.2. The fourth-order valence-electron chi connectivity index (χ4n) is 2.74. The van der Waals surface area contributed by atoms with Crippen molar-refractivity contribution in [3.8, 4) is 16.9 Å². The van der Waals surface area contributed by atoms with Crippen LogP contribution in [0.3, 0.4) is 0 Å². The highest BCUT2D eigenvalue weighted by molar-refractivity contribution is 6.30. The summed E-state index contributed by atoms with van der Waals surface area (Å²) in [5.41, 5.74) is 6.07. The molecule has 0 radical (unpaired) electrons. The predicted octanol–water partition coefficient (Wildman–Crippen LogP) is 4.35. The zero-order valence-electron chi connectivity index (χ0n) is 15.2. The minimum absolute atomic E-state index is 0.294. The number of nitrogens with zero attached hydrogens (tertiary/aromatic N) is 4. The lowest BCUT2D eigenvalue weighted by Crippen LogP contribution is -2.18. The lowest BCUT2D eigenvalue weighted by Gasteiger charge is -2.01. The summed E-state index contributed by atoms with van der Waals surface area (Å²) in [5, 5.41) is 9.43. The number of nitrogens with one attached hydrogen (secondary N) is 1. The molecular weight excluding hydrogens is 386 g/mol. The molecule has 1 amide bonds. The van der Waals surface area contributed by atoms with Crippen LogP contribution in [0.5, 0.6) is 0 Å². The third-order valence-electron chi connectivity index (χ3n) is 4.15. The molecule has 0 saturated carbocycles. The van der Waals surface area contributed by atoms with Gasteiger partial charge in [-0.3, -0.25) is 9.78 Å². The van der Waals surface area contributed by atoms with E-state index in [1.54, 1.807) is 35.3 Å². The summed E-state index contributed by atoms with van der Waals surface area (Å²) in [7, 11) is 0. The van der Waals surface area contributed by atoms with Gasteiger partial charge in [-0.15, -0.1) is 0 Å². The van der Waals surface area contributed by atoms with Gasteiger partial charge in [0, 0.05) is 28.5 Å². The second kappa shape index (κ2) is 8.50. The van der Waals surface area contributed by atoms with Crippen molar-refractivity contribution in [2.45, 2.75) is 0 Å². The highest BCUT2D eigenvalue weighted by atomic mass is 35.5. The maximum Gasteiger partial charge on any atom is 0.289 e. The summed E-state index contributed by atoms with van der Waals surface area (Å²) in [6.07, 6.45) is 4.98. The van der Waals surface area contributed by atoms with Crippen LogP contribution < -0.4 is 5.43 Å². The molecule has 0 spiro atoms. The van der Waals surface area contributed by atoms with E-state index >= 15 is 0 Å². The van der Waals surface area contributed by atoms with Gasteiger partial charge in [-0.25, -0.2) is 10.1 Å². The number of benzene rings is 2. The molecule has 29 heavy (non-hydrogen) atoms. The van der Waals surface area contributed by atoms with Gasteiger partial charge >= 0.3 is 0 Å². The number of carbonyl (C=O) groups excluding carboxylic acids is 1. The number of hydrazone groups is 1. The van der Waals surface area contributed by atoms with E-state index in [1.165, 1.54) is 0 Å². The smallest absolute Gasteiger partial charge is 0.266 e. The predicted molar refractivity (Wildman–Crippen MR) is 113 cm³/mol. The van der Waals surface area contributed by atoms with Gasteiger partial charge in [-0.2, -0.15) is 10.2 Å². The van der Waals surface area contributed by atoms with Crippen molar-refractivity contribution < 1.29 is 4.79 Å². The van der Waals surface area contributed by atoms with Crippen LogP contribution in [0.25, 0.3) is 16.9 Å². The van der Waals surface area contributed by atoms with E-state index < -0.39 is 0 Å². The van der Waals surface area contributed by atoms with E-state index in [1.807, 2.05) is 60.8 Å². The summed E-state index contributed by atoms with van der Waals surface area (Å²) < 4.78 is 1.77. The van der Waals surface area contributed by atoms with Crippen LogP contribution in [0.15, 0.2) is 90.3 Å². The third-order valence-corrected chi connectivity index (χ3v) is 4.40. The Hall–Kier alpha value is -3.77. The molecule has 1 N–H and O–H groups in total. The second-order valence-electron chi connectivity index (χ2n) is 6.13. The molecule has 7 heteroatoms. The Kier molecular flexibility index (Phi) is 5.45. The number of hydrogen-bond donors (Lipinski definition) is 1. The quantitative estimate of drug-likeness (QED) is 0.399. The average Bonchev–Trinajstić information content (AvgIpc) is 3.19. The van der Waals surface area contributed by atoms with Crippen molar-refractivity contribution in [1.29, 1.82) is 0 Å². The van der Waals surface area contributed by atoms with Crippen molar-refractivity contribution in [2.75, 3.05) is 0 Å². The summed E-state index contributed by atoms with van der Waals surface area (Å²) in [5.74, 6) is -0.384. The molecule has 0 unspecified atom stereocenters. The molecule has 0 bridgehead atoms. The molecular formula is C22H16ClN5O. The minimum Gasteiger partial charge on any atom is -0.266 e. The minimum atomic E-state index is -0.384. The molecule has 0 aliphatic rings. The van der Waals surface area contributed by atoms with Crippen LogP contribution in [0.2, 0.25) is 5.02 Å². The van der Waals surface area contributed by atoms with Crippen LogP contribution in [-0.2, 0) is 0 Å². The topological polar surface area (TPSA) is 72.2 Å². The molecule has 2 heterocycles. The molecule has 0 atom stereocenters. The largest absolute Gasteiger partial charge is 0.289 e. The molecule has 4 rings (SSSR count). The Bertz CT molecular complexity index is 1140. The highest BCUT2D eigenvalue weighted by Crippen LogP contribution is 2.24. The van der Waals surface area contributed by atoms with E-state index in [0.29, 0.717) is 10.7 Å². The number of amides is 1. The number of pyridine rings is 1. The highest BCUT2D eigenvalue weighted by Gasteiger charge is 2.11. The van der Waals surface area contributed by atoms with Crippen molar-refractivity contribution >= 4 is 23.7 Å². The van der Waals surface area contributed by atoms with Crippen molar-refractivity contribution in [3.63, 3.8) is 0 Å². The van der Waals surface area contributed by atoms with E-state index in [-0.39, 0.29) is 5.91 Å². The SMILES string of the molecule is O=C(N/N=C\c1cn(-c2ccccc2)nc1-c1ccc(Cl)cc1)c1ccccn1. The number of aromatic nitrogens is 3. The van der Waals surface area contributed by atoms with Crippen LogP contribution >= 0.6 is 11.6 Å². The van der Waals surface area contributed by atoms with Gasteiger partial charge in [0.25, 0.3) is 5.91 Å².